The maximum atomic E-state index is 12.7. The molecule has 1 atom stereocenters. The molecule has 0 spiro atoms. The van der Waals surface area contributed by atoms with Gasteiger partial charge in [-0.15, -0.1) is 11.3 Å². The van der Waals surface area contributed by atoms with Gasteiger partial charge in [0.2, 0.25) is 0 Å². The minimum absolute atomic E-state index is 0.0200. The van der Waals surface area contributed by atoms with E-state index in [1.165, 1.54) is 17.8 Å². The topological polar surface area (TPSA) is 51.7 Å². The summed E-state index contributed by atoms with van der Waals surface area (Å²) in [6, 6.07) is 5.95. The Labute approximate surface area is 146 Å². The zero-order chi connectivity index (χ0) is 17.1. The van der Waals surface area contributed by atoms with Crippen LogP contribution >= 0.6 is 11.3 Å². The van der Waals surface area contributed by atoms with Gasteiger partial charge in [-0.05, 0) is 38.3 Å². The second-order valence-electron chi connectivity index (χ2n) is 5.92. The van der Waals surface area contributed by atoms with Crippen molar-refractivity contribution in [2.24, 2.45) is 0 Å². The number of hydrogen-bond donors (Lipinski definition) is 0. The van der Waals surface area contributed by atoms with Gasteiger partial charge in [-0.1, -0.05) is 6.07 Å². The second kappa shape index (κ2) is 7.21. The van der Waals surface area contributed by atoms with E-state index in [1.54, 1.807) is 14.2 Å². The summed E-state index contributed by atoms with van der Waals surface area (Å²) in [5.41, 5.74) is 1.35. The first-order valence-corrected chi connectivity index (χ1v) is 9.01. The molecule has 1 aromatic carbocycles. The van der Waals surface area contributed by atoms with Crippen LogP contribution in [0.5, 0.6) is 11.5 Å². The highest BCUT2D eigenvalue weighted by atomic mass is 32.1. The number of carbonyl (C=O) groups is 1. The summed E-state index contributed by atoms with van der Waals surface area (Å²) in [4.78, 5) is 19.2. The number of para-hydroxylation sites is 1. The third-order valence-corrected chi connectivity index (χ3v) is 5.30. The molecule has 1 aliphatic rings. The first-order chi connectivity index (χ1) is 11.7. The molecule has 0 bridgehead atoms. The Morgan fingerprint density at radius 2 is 2.12 bits per heavy atom. The van der Waals surface area contributed by atoms with Gasteiger partial charge in [-0.3, -0.25) is 4.79 Å². The minimum Gasteiger partial charge on any atom is -0.493 e. The zero-order valence-corrected chi connectivity index (χ0v) is 15.1. The van der Waals surface area contributed by atoms with Crippen molar-refractivity contribution in [2.75, 3.05) is 20.8 Å². The van der Waals surface area contributed by atoms with Crippen molar-refractivity contribution < 1.29 is 14.3 Å². The van der Waals surface area contributed by atoms with E-state index < -0.39 is 0 Å². The van der Waals surface area contributed by atoms with Crippen LogP contribution in [0.4, 0.5) is 0 Å². The van der Waals surface area contributed by atoms with Gasteiger partial charge in [0.1, 0.15) is 10.7 Å². The SMILES string of the molecule is COc1cccc(-c2nc(C(=O)N3CCCC[C@H]3C)cs2)c1OC. The third kappa shape index (κ3) is 3.11. The summed E-state index contributed by atoms with van der Waals surface area (Å²) in [6.07, 6.45) is 3.32. The molecule has 5 nitrogen and oxygen atoms in total. The summed E-state index contributed by atoms with van der Waals surface area (Å²) < 4.78 is 10.8. The molecular formula is C18H22N2O3S. The number of rotatable bonds is 4. The molecule has 0 unspecified atom stereocenters. The lowest BCUT2D eigenvalue weighted by atomic mass is 10.0. The van der Waals surface area contributed by atoms with E-state index in [0.717, 1.165) is 30.0 Å². The van der Waals surface area contributed by atoms with Crippen molar-refractivity contribution in [3.63, 3.8) is 0 Å². The number of piperidine rings is 1. The summed E-state index contributed by atoms with van der Waals surface area (Å²) in [6.45, 7) is 2.92. The van der Waals surface area contributed by atoms with Crippen molar-refractivity contribution in [1.82, 2.24) is 9.88 Å². The van der Waals surface area contributed by atoms with E-state index in [2.05, 4.69) is 11.9 Å². The van der Waals surface area contributed by atoms with Crippen molar-refractivity contribution in [1.29, 1.82) is 0 Å². The van der Waals surface area contributed by atoms with Crippen LogP contribution in [0.3, 0.4) is 0 Å². The van der Waals surface area contributed by atoms with Crippen LogP contribution in [-0.4, -0.2) is 42.6 Å². The minimum atomic E-state index is 0.0200. The third-order valence-electron chi connectivity index (χ3n) is 4.42. The largest absolute Gasteiger partial charge is 0.493 e. The lowest BCUT2D eigenvalue weighted by Crippen LogP contribution is -2.42. The number of aromatic nitrogens is 1. The normalized spacial score (nSPS) is 17.6. The zero-order valence-electron chi connectivity index (χ0n) is 14.2. The molecule has 1 saturated heterocycles. The van der Waals surface area contributed by atoms with Gasteiger partial charge in [0.15, 0.2) is 11.5 Å². The first-order valence-electron chi connectivity index (χ1n) is 8.13. The fourth-order valence-electron chi connectivity index (χ4n) is 3.10. The molecular weight excluding hydrogens is 324 g/mol. The lowest BCUT2D eigenvalue weighted by Gasteiger charge is -2.32. The summed E-state index contributed by atoms with van der Waals surface area (Å²) >= 11 is 1.45. The van der Waals surface area contributed by atoms with Gasteiger partial charge in [-0.2, -0.15) is 0 Å². The number of likely N-dealkylation sites (tertiary alicyclic amines) is 1. The van der Waals surface area contributed by atoms with E-state index in [-0.39, 0.29) is 11.9 Å². The molecule has 0 N–H and O–H groups in total. The molecule has 2 aromatic rings. The Bertz CT molecular complexity index is 729. The maximum Gasteiger partial charge on any atom is 0.273 e. The smallest absolute Gasteiger partial charge is 0.273 e. The van der Waals surface area contributed by atoms with Crippen molar-refractivity contribution in [3.05, 3.63) is 29.3 Å². The molecule has 128 valence electrons. The standard InChI is InChI=1S/C18H22N2O3S/c1-12-7-4-5-10-20(12)18(21)14-11-24-17(19-14)13-8-6-9-15(22-2)16(13)23-3/h6,8-9,11-12H,4-5,7,10H2,1-3H3/t12-/m1/s1. The van der Waals surface area contributed by atoms with Crippen LogP contribution in [0.25, 0.3) is 10.6 Å². The van der Waals surface area contributed by atoms with Crippen LogP contribution in [0.2, 0.25) is 0 Å². The highest BCUT2D eigenvalue weighted by molar-refractivity contribution is 7.13. The van der Waals surface area contributed by atoms with Gasteiger partial charge < -0.3 is 14.4 Å². The number of amides is 1. The number of ether oxygens (including phenoxy) is 2. The van der Waals surface area contributed by atoms with Gasteiger partial charge in [0.05, 0.1) is 19.8 Å². The molecule has 1 aromatic heterocycles. The lowest BCUT2D eigenvalue weighted by molar-refractivity contribution is 0.0630. The van der Waals surface area contributed by atoms with Crippen LogP contribution in [0, 0.1) is 0 Å². The number of nitrogens with zero attached hydrogens (tertiary/aromatic N) is 2. The van der Waals surface area contributed by atoms with E-state index in [4.69, 9.17) is 9.47 Å². The molecule has 1 aliphatic heterocycles. The Kier molecular flexibility index (Phi) is 5.04. The fourth-order valence-corrected chi connectivity index (χ4v) is 3.91. The second-order valence-corrected chi connectivity index (χ2v) is 6.78. The number of benzene rings is 1. The predicted molar refractivity (Wildman–Crippen MR) is 95.0 cm³/mol. The molecule has 0 saturated carbocycles. The van der Waals surface area contributed by atoms with Crippen LogP contribution in [-0.2, 0) is 0 Å². The van der Waals surface area contributed by atoms with Crippen molar-refractivity contribution in [3.8, 4) is 22.1 Å². The van der Waals surface area contributed by atoms with E-state index in [1.807, 2.05) is 28.5 Å². The Balaban J connectivity index is 1.90. The first kappa shape index (κ1) is 16.8. The Morgan fingerprint density at radius 3 is 2.83 bits per heavy atom. The number of methoxy groups -OCH3 is 2. The molecule has 24 heavy (non-hydrogen) atoms. The van der Waals surface area contributed by atoms with Crippen LogP contribution < -0.4 is 9.47 Å². The summed E-state index contributed by atoms with van der Waals surface area (Å²) in [5.74, 6) is 1.31. The quantitative estimate of drug-likeness (QED) is 0.844. The van der Waals surface area contributed by atoms with Gasteiger partial charge >= 0.3 is 0 Å². The van der Waals surface area contributed by atoms with Crippen molar-refractivity contribution >= 4 is 17.2 Å². The Morgan fingerprint density at radius 1 is 1.29 bits per heavy atom. The number of hydrogen-bond acceptors (Lipinski definition) is 5. The Hall–Kier alpha value is -2.08. The van der Waals surface area contributed by atoms with Gasteiger partial charge in [0.25, 0.3) is 5.91 Å². The van der Waals surface area contributed by atoms with E-state index >= 15 is 0 Å². The highest BCUT2D eigenvalue weighted by Crippen LogP contribution is 2.39. The predicted octanol–water partition coefficient (Wildman–Crippen LogP) is 3.84. The average molecular weight is 346 g/mol. The maximum absolute atomic E-state index is 12.7. The molecule has 6 heteroatoms. The molecule has 3 rings (SSSR count). The highest BCUT2D eigenvalue weighted by Gasteiger charge is 2.26. The van der Waals surface area contributed by atoms with E-state index in [0.29, 0.717) is 17.2 Å². The molecule has 2 heterocycles. The average Bonchev–Trinajstić information content (AvgIpc) is 3.10. The molecule has 1 fully saturated rings. The number of thiazole rings is 1. The van der Waals surface area contributed by atoms with E-state index in [9.17, 15) is 4.79 Å². The van der Waals surface area contributed by atoms with Crippen LogP contribution in [0.1, 0.15) is 36.7 Å². The number of carbonyl (C=O) groups excluding carboxylic acids is 1. The molecule has 0 aliphatic carbocycles. The van der Waals surface area contributed by atoms with Crippen LogP contribution in [0.15, 0.2) is 23.6 Å². The van der Waals surface area contributed by atoms with Gasteiger partial charge in [-0.25, -0.2) is 4.98 Å². The molecule has 1 amide bonds. The van der Waals surface area contributed by atoms with Gasteiger partial charge in [0, 0.05) is 18.0 Å². The molecule has 0 radical (unpaired) electrons. The monoisotopic (exact) mass is 346 g/mol. The fraction of sp³-hybridized carbons (Fsp3) is 0.444. The van der Waals surface area contributed by atoms with Crippen molar-refractivity contribution in [2.45, 2.75) is 32.2 Å². The summed E-state index contributed by atoms with van der Waals surface area (Å²) in [7, 11) is 3.21. The summed E-state index contributed by atoms with van der Waals surface area (Å²) in [5, 5.41) is 2.59.